The molecule has 0 saturated heterocycles. The largest absolute Gasteiger partial charge is 0.480 e. The second kappa shape index (κ2) is 8.49. The maximum absolute atomic E-state index is 12.5. The predicted molar refractivity (Wildman–Crippen MR) is 75.8 cm³/mol. The van der Waals surface area contributed by atoms with Crippen molar-refractivity contribution in [2.75, 3.05) is 32.8 Å². The molecule has 0 unspecified atom stereocenters. The molecule has 21 heavy (non-hydrogen) atoms. The summed E-state index contributed by atoms with van der Waals surface area (Å²) >= 11 is 0. The fraction of sp³-hybridized carbons (Fsp3) is 0.786. The van der Waals surface area contributed by atoms with Crippen LogP contribution in [0.1, 0.15) is 33.1 Å². The predicted octanol–water partition coefficient (Wildman–Crippen LogP) is 1.18. The van der Waals surface area contributed by atoms with Crippen LogP contribution in [0.5, 0.6) is 0 Å². The van der Waals surface area contributed by atoms with Gasteiger partial charge in [0.1, 0.15) is 13.1 Å². The smallest absolute Gasteiger partial charge is 0.325 e. The summed E-state index contributed by atoms with van der Waals surface area (Å²) in [5, 5.41) is 8.94. The van der Waals surface area contributed by atoms with E-state index in [2.05, 4.69) is 0 Å². The van der Waals surface area contributed by atoms with E-state index in [1.54, 1.807) is 6.92 Å². The van der Waals surface area contributed by atoms with E-state index in [-0.39, 0.29) is 19.7 Å². The Morgan fingerprint density at radius 2 is 1.81 bits per heavy atom. The van der Waals surface area contributed by atoms with Gasteiger partial charge in [0, 0.05) is 13.1 Å². The number of hydrogen-bond acceptors (Lipinski definition) is 4. The molecule has 1 N–H and O–H groups in total. The number of ether oxygens (including phenoxy) is 1. The zero-order valence-corrected chi connectivity index (χ0v) is 12.7. The van der Waals surface area contributed by atoms with E-state index in [1.165, 1.54) is 9.80 Å². The first-order valence-electron chi connectivity index (χ1n) is 7.39. The van der Waals surface area contributed by atoms with E-state index < -0.39 is 18.0 Å². The van der Waals surface area contributed by atoms with Gasteiger partial charge in [0.05, 0.1) is 6.61 Å². The van der Waals surface area contributed by atoms with Crippen LogP contribution < -0.4 is 0 Å². The second-order valence-corrected chi connectivity index (χ2v) is 5.23. The molecule has 0 spiro atoms. The van der Waals surface area contributed by atoms with Gasteiger partial charge in [-0.1, -0.05) is 6.92 Å². The number of rotatable bonds is 9. The lowest BCUT2D eigenvalue weighted by molar-refractivity contribution is -0.143. The molecule has 0 aromatic carbocycles. The van der Waals surface area contributed by atoms with Crippen LogP contribution in [0.15, 0.2) is 0 Å². The molecule has 0 bridgehead atoms. The zero-order valence-electron chi connectivity index (χ0n) is 12.7. The van der Waals surface area contributed by atoms with E-state index in [0.717, 1.165) is 12.8 Å². The molecular weight excluding hydrogens is 276 g/mol. The molecular formula is C14H24N2O5. The van der Waals surface area contributed by atoms with Crippen LogP contribution in [-0.2, 0) is 14.3 Å². The highest BCUT2D eigenvalue weighted by atomic mass is 16.5. The standard InChI is InChI=1S/C14H24N2O5/c1-3-7-15(10-13(19)21-4-2)14(20)16(9-12(17)18)8-11-5-6-11/h11H,3-10H2,1-2H3,(H,17,18). The highest BCUT2D eigenvalue weighted by Crippen LogP contribution is 2.30. The van der Waals surface area contributed by atoms with Crippen LogP contribution in [0.2, 0.25) is 0 Å². The number of carboxylic acids is 1. The summed E-state index contributed by atoms with van der Waals surface area (Å²) in [6.07, 6.45) is 2.74. The Morgan fingerprint density at radius 1 is 1.14 bits per heavy atom. The van der Waals surface area contributed by atoms with Gasteiger partial charge in [-0.15, -0.1) is 0 Å². The monoisotopic (exact) mass is 300 g/mol. The lowest BCUT2D eigenvalue weighted by Crippen LogP contribution is -2.48. The minimum atomic E-state index is -1.04. The van der Waals surface area contributed by atoms with Crippen molar-refractivity contribution in [3.8, 4) is 0 Å². The number of carboxylic acid groups (broad SMARTS) is 1. The van der Waals surface area contributed by atoms with Crippen molar-refractivity contribution < 1.29 is 24.2 Å². The Kier molecular flexibility index (Phi) is 6.98. The Balaban J connectivity index is 2.68. The third-order valence-electron chi connectivity index (χ3n) is 3.16. The number of carbonyl (C=O) groups excluding carboxylic acids is 2. The number of nitrogens with zero attached hydrogens (tertiary/aromatic N) is 2. The van der Waals surface area contributed by atoms with Crippen molar-refractivity contribution in [2.45, 2.75) is 33.1 Å². The highest BCUT2D eigenvalue weighted by molar-refractivity contribution is 5.83. The van der Waals surface area contributed by atoms with Gasteiger partial charge in [-0.05, 0) is 32.1 Å². The fourth-order valence-corrected chi connectivity index (χ4v) is 2.06. The maximum atomic E-state index is 12.5. The van der Waals surface area contributed by atoms with Crippen molar-refractivity contribution in [1.82, 2.24) is 9.80 Å². The van der Waals surface area contributed by atoms with Crippen LogP contribution in [0.25, 0.3) is 0 Å². The quantitative estimate of drug-likeness (QED) is 0.646. The van der Waals surface area contributed by atoms with Gasteiger partial charge < -0.3 is 19.6 Å². The molecule has 0 heterocycles. The Bertz CT molecular complexity index is 382. The molecule has 0 radical (unpaired) electrons. The molecule has 1 saturated carbocycles. The molecule has 0 atom stereocenters. The van der Waals surface area contributed by atoms with Crippen LogP contribution in [0, 0.1) is 5.92 Å². The zero-order chi connectivity index (χ0) is 15.8. The minimum absolute atomic E-state index is 0.138. The topological polar surface area (TPSA) is 87.2 Å². The van der Waals surface area contributed by atoms with Crippen LogP contribution in [-0.4, -0.2) is 65.7 Å². The lowest BCUT2D eigenvalue weighted by atomic mass is 10.3. The third kappa shape index (κ3) is 6.46. The SMILES string of the molecule is CCCN(CC(=O)OCC)C(=O)N(CC(=O)O)CC1CC1. The summed E-state index contributed by atoms with van der Waals surface area (Å²) in [7, 11) is 0. The van der Waals surface area contributed by atoms with Crippen LogP contribution >= 0.6 is 0 Å². The van der Waals surface area contributed by atoms with Crippen LogP contribution in [0.4, 0.5) is 4.79 Å². The molecule has 1 aliphatic carbocycles. The molecule has 0 aromatic rings. The first-order valence-corrected chi connectivity index (χ1v) is 7.39. The van der Waals surface area contributed by atoms with Crippen molar-refractivity contribution in [3.05, 3.63) is 0 Å². The average Bonchev–Trinajstić information content (AvgIpc) is 3.20. The summed E-state index contributed by atoms with van der Waals surface area (Å²) in [4.78, 5) is 37.6. The Hall–Kier alpha value is -1.79. The molecule has 120 valence electrons. The van der Waals surface area contributed by atoms with E-state index in [9.17, 15) is 14.4 Å². The van der Waals surface area contributed by atoms with E-state index in [1.807, 2.05) is 6.92 Å². The van der Waals surface area contributed by atoms with Gasteiger partial charge in [0.2, 0.25) is 0 Å². The average molecular weight is 300 g/mol. The molecule has 7 heteroatoms. The van der Waals surface area contributed by atoms with Gasteiger partial charge >= 0.3 is 18.0 Å². The molecule has 7 nitrogen and oxygen atoms in total. The summed E-state index contributed by atoms with van der Waals surface area (Å²) in [6, 6.07) is -0.404. The van der Waals surface area contributed by atoms with Gasteiger partial charge in [-0.25, -0.2) is 4.79 Å². The summed E-state index contributed by atoms with van der Waals surface area (Å²) in [5.74, 6) is -1.13. The van der Waals surface area contributed by atoms with Crippen molar-refractivity contribution in [1.29, 1.82) is 0 Å². The first-order chi connectivity index (χ1) is 9.97. The number of hydrogen-bond donors (Lipinski definition) is 1. The van der Waals surface area contributed by atoms with Gasteiger partial charge in [0.15, 0.2) is 0 Å². The number of amides is 2. The second-order valence-electron chi connectivity index (χ2n) is 5.23. The van der Waals surface area contributed by atoms with Gasteiger partial charge in [0.25, 0.3) is 0 Å². The molecule has 0 aliphatic heterocycles. The molecule has 1 fully saturated rings. The van der Waals surface area contributed by atoms with Crippen molar-refractivity contribution in [2.24, 2.45) is 5.92 Å². The Labute approximate surface area is 124 Å². The summed E-state index contributed by atoms with van der Waals surface area (Å²) < 4.78 is 4.86. The first kappa shape index (κ1) is 17.3. The minimum Gasteiger partial charge on any atom is -0.480 e. The van der Waals surface area contributed by atoms with Crippen molar-refractivity contribution in [3.63, 3.8) is 0 Å². The summed E-state index contributed by atoms with van der Waals surface area (Å²) in [5.41, 5.74) is 0. The van der Waals surface area contributed by atoms with Gasteiger partial charge in [-0.2, -0.15) is 0 Å². The van der Waals surface area contributed by atoms with Gasteiger partial charge in [-0.3, -0.25) is 9.59 Å². The maximum Gasteiger partial charge on any atom is 0.325 e. The number of aliphatic carboxylic acids is 1. The highest BCUT2D eigenvalue weighted by Gasteiger charge is 2.30. The normalized spacial score (nSPS) is 13.6. The Morgan fingerprint density at radius 3 is 2.29 bits per heavy atom. The number of carbonyl (C=O) groups is 3. The van der Waals surface area contributed by atoms with E-state index in [0.29, 0.717) is 25.4 Å². The number of esters is 1. The molecule has 1 rings (SSSR count). The fourth-order valence-electron chi connectivity index (χ4n) is 2.06. The number of urea groups is 1. The van der Waals surface area contributed by atoms with Crippen LogP contribution in [0.3, 0.4) is 0 Å². The van der Waals surface area contributed by atoms with E-state index >= 15 is 0 Å². The lowest BCUT2D eigenvalue weighted by Gasteiger charge is -2.29. The van der Waals surface area contributed by atoms with E-state index in [4.69, 9.17) is 9.84 Å². The summed E-state index contributed by atoms with van der Waals surface area (Å²) in [6.45, 7) is 4.22. The third-order valence-corrected chi connectivity index (χ3v) is 3.16. The molecule has 2 amide bonds. The molecule has 0 aromatic heterocycles. The molecule has 1 aliphatic rings. The van der Waals surface area contributed by atoms with Crippen molar-refractivity contribution >= 4 is 18.0 Å².